The maximum Gasteiger partial charge on any atom is 0.158 e. The summed E-state index contributed by atoms with van der Waals surface area (Å²) < 4.78 is 0. The Morgan fingerprint density at radius 3 is 2.60 bits per heavy atom. The molecule has 0 aromatic rings. The van der Waals surface area contributed by atoms with Crippen LogP contribution in [0, 0.1) is 29.1 Å². The fourth-order valence-corrected chi connectivity index (χ4v) is 4.92. The van der Waals surface area contributed by atoms with Crippen LogP contribution < -0.4 is 0 Å². The molecule has 4 atom stereocenters. The van der Waals surface area contributed by atoms with E-state index in [1.807, 2.05) is 0 Å². The van der Waals surface area contributed by atoms with Crippen molar-refractivity contribution in [3.05, 3.63) is 12.2 Å². The molecule has 1 unspecified atom stereocenters. The highest BCUT2D eigenvalue weighted by atomic mass is 16.1. The van der Waals surface area contributed by atoms with Crippen molar-refractivity contribution in [2.45, 2.75) is 72.6 Å². The van der Waals surface area contributed by atoms with Gasteiger partial charge in [-0.25, -0.2) is 0 Å². The summed E-state index contributed by atoms with van der Waals surface area (Å²) in [6.07, 6.45) is 8.39. The maximum atomic E-state index is 11.9. The molecule has 0 radical (unpaired) electrons. The molecule has 2 fully saturated rings. The van der Waals surface area contributed by atoms with Crippen molar-refractivity contribution < 1.29 is 4.79 Å². The minimum Gasteiger partial charge on any atom is -0.295 e. The molecule has 2 aliphatic rings. The Balaban J connectivity index is 1.99. The summed E-state index contributed by atoms with van der Waals surface area (Å²) in [5, 5.41) is 0. The molecule has 20 heavy (non-hydrogen) atoms. The highest BCUT2D eigenvalue weighted by Gasteiger charge is 2.52. The zero-order valence-corrected chi connectivity index (χ0v) is 13.9. The van der Waals surface area contributed by atoms with Crippen LogP contribution in [0.25, 0.3) is 0 Å². The molecule has 114 valence electrons. The molecule has 0 saturated heterocycles. The van der Waals surface area contributed by atoms with Crippen LogP contribution in [0.5, 0.6) is 0 Å². The van der Waals surface area contributed by atoms with Gasteiger partial charge in [-0.3, -0.25) is 4.79 Å². The molecule has 0 N–H and O–H groups in total. The van der Waals surface area contributed by atoms with E-state index in [2.05, 4.69) is 34.3 Å². The lowest BCUT2D eigenvalue weighted by Crippen LogP contribution is -2.38. The number of hydrogen-bond donors (Lipinski definition) is 0. The lowest BCUT2D eigenvalue weighted by atomic mass is 9.61. The van der Waals surface area contributed by atoms with E-state index in [0.29, 0.717) is 17.1 Å². The second-order valence-electron chi connectivity index (χ2n) is 7.99. The second-order valence-corrected chi connectivity index (χ2v) is 7.99. The molecular weight excluding hydrogens is 244 g/mol. The zero-order valence-electron chi connectivity index (χ0n) is 13.9. The smallest absolute Gasteiger partial charge is 0.158 e. The Morgan fingerprint density at radius 1 is 1.25 bits per heavy atom. The first-order valence-corrected chi connectivity index (χ1v) is 8.58. The Morgan fingerprint density at radius 2 is 1.95 bits per heavy atom. The number of allylic oxidation sites excluding steroid dienone is 1. The van der Waals surface area contributed by atoms with E-state index in [-0.39, 0.29) is 0 Å². The largest absolute Gasteiger partial charge is 0.295 e. The van der Waals surface area contributed by atoms with Gasteiger partial charge in [0.2, 0.25) is 0 Å². The van der Waals surface area contributed by atoms with Crippen LogP contribution in [0.4, 0.5) is 0 Å². The van der Waals surface area contributed by atoms with E-state index in [1.54, 1.807) is 0 Å². The Bertz CT molecular complexity index is 381. The molecule has 0 aliphatic heterocycles. The lowest BCUT2D eigenvalue weighted by molar-refractivity contribution is -0.119. The Labute approximate surface area is 125 Å². The van der Waals surface area contributed by atoms with Gasteiger partial charge in [0, 0.05) is 6.42 Å². The quantitative estimate of drug-likeness (QED) is 0.614. The van der Waals surface area contributed by atoms with Crippen molar-refractivity contribution >= 4 is 5.78 Å². The normalized spacial score (nSPS) is 35.5. The van der Waals surface area contributed by atoms with E-state index in [0.717, 1.165) is 36.2 Å². The van der Waals surface area contributed by atoms with Gasteiger partial charge >= 0.3 is 0 Å². The molecule has 0 spiro atoms. The van der Waals surface area contributed by atoms with Crippen LogP contribution in [0.2, 0.25) is 0 Å². The first-order valence-electron chi connectivity index (χ1n) is 8.58. The highest BCUT2D eigenvalue weighted by molar-refractivity contribution is 5.96. The van der Waals surface area contributed by atoms with Gasteiger partial charge in [0.25, 0.3) is 0 Å². The highest BCUT2D eigenvalue weighted by Crippen LogP contribution is 2.58. The number of carbonyl (C=O) groups is 1. The summed E-state index contributed by atoms with van der Waals surface area (Å²) in [4.78, 5) is 11.9. The molecule has 0 heterocycles. The van der Waals surface area contributed by atoms with Crippen LogP contribution >= 0.6 is 0 Å². The number of ketones is 1. The van der Waals surface area contributed by atoms with Crippen LogP contribution in [0.15, 0.2) is 12.2 Å². The number of rotatable bonds is 5. The van der Waals surface area contributed by atoms with E-state index >= 15 is 0 Å². The van der Waals surface area contributed by atoms with E-state index < -0.39 is 0 Å². The number of hydrogen-bond acceptors (Lipinski definition) is 1. The summed E-state index contributed by atoms with van der Waals surface area (Å²) in [6.45, 7) is 13.6. The summed E-state index contributed by atoms with van der Waals surface area (Å²) in [6, 6.07) is 0. The van der Waals surface area contributed by atoms with E-state index in [4.69, 9.17) is 0 Å². The molecule has 0 aromatic carbocycles. The van der Waals surface area contributed by atoms with Gasteiger partial charge < -0.3 is 0 Å². The molecular formula is C19H32O. The zero-order chi connectivity index (χ0) is 14.9. The van der Waals surface area contributed by atoms with Crippen molar-refractivity contribution in [1.29, 1.82) is 0 Å². The third-order valence-electron chi connectivity index (χ3n) is 6.21. The standard InChI is InChI=1S/C19H32O/c1-13(2)7-6-8-14(3)16-9-10-17-15(4)18(20)11-12-19(16,17)5/h13-14,16-17H,4,6-12H2,1-3,5H3/t14-,16-,17?,19-/m1/s1. The Kier molecular flexibility index (Phi) is 4.76. The maximum absolute atomic E-state index is 11.9. The van der Waals surface area contributed by atoms with Gasteiger partial charge in [-0.1, -0.05) is 53.5 Å². The first-order chi connectivity index (χ1) is 9.36. The summed E-state index contributed by atoms with van der Waals surface area (Å²) in [5.74, 6) is 3.22. The van der Waals surface area contributed by atoms with Gasteiger partial charge in [-0.05, 0) is 53.9 Å². The van der Waals surface area contributed by atoms with Crippen molar-refractivity contribution in [2.24, 2.45) is 29.1 Å². The first kappa shape index (κ1) is 15.8. The molecule has 1 nitrogen and oxygen atoms in total. The predicted octanol–water partition coefficient (Wildman–Crippen LogP) is 5.40. The average molecular weight is 276 g/mol. The monoisotopic (exact) mass is 276 g/mol. The second kappa shape index (κ2) is 6.03. The molecule has 2 aliphatic carbocycles. The van der Waals surface area contributed by atoms with Gasteiger partial charge in [-0.15, -0.1) is 0 Å². The lowest BCUT2D eigenvalue weighted by Gasteiger charge is -2.43. The predicted molar refractivity (Wildman–Crippen MR) is 85.6 cm³/mol. The number of Topliss-reactive ketones (excluding diaryl/α,β-unsaturated/α-hetero) is 1. The van der Waals surface area contributed by atoms with Crippen molar-refractivity contribution in [3.8, 4) is 0 Å². The third-order valence-corrected chi connectivity index (χ3v) is 6.21. The summed E-state index contributed by atoms with van der Waals surface area (Å²) >= 11 is 0. The molecule has 1 heteroatoms. The molecule has 0 aromatic heterocycles. The molecule has 0 bridgehead atoms. The van der Waals surface area contributed by atoms with Crippen LogP contribution in [0.3, 0.4) is 0 Å². The van der Waals surface area contributed by atoms with Gasteiger partial charge in [0.05, 0.1) is 0 Å². The fourth-order valence-electron chi connectivity index (χ4n) is 4.92. The molecule has 2 saturated carbocycles. The number of carbonyl (C=O) groups excluding carboxylic acids is 1. The van der Waals surface area contributed by atoms with Crippen molar-refractivity contribution in [1.82, 2.24) is 0 Å². The van der Waals surface area contributed by atoms with E-state index in [9.17, 15) is 4.79 Å². The Hall–Kier alpha value is -0.590. The van der Waals surface area contributed by atoms with Crippen molar-refractivity contribution in [2.75, 3.05) is 0 Å². The molecule has 0 amide bonds. The number of fused-ring (bicyclic) bond motifs is 1. The van der Waals surface area contributed by atoms with Crippen molar-refractivity contribution in [3.63, 3.8) is 0 Å². The fraction of sp³-hybridized carbons (Fsp3) is 0.842. The molecule has 2 rings (SSSR count). The van der Waals surface area contributed by atoms with Crippen LogP contribution in [0.1, 0.15) is 72.6 Å². The van der Waals surface area contributed by atoms with E-state index in [1.165, 1.54) is 32.1 Å². The minimum atomic E-state index is 0.334. The van der Waals surface area contributed by atoms with Gasteiger partial charge in [0.15, 0.2) is 5.78 Å². The minimum absolute atomic E-state index is 0.334. The topological polar surface area (TPSA) is 17.1 Å². The van der Waals surface area contributed by atoms with Crippen LogP contribution in [-0.2, 0) is 4.79 Å². The third kappa shape index (κ3) is 2.87. The van der Waals surface area contributed by atoms with Crippen LogP contribution in [-0.4, -0.2) is 5.78 Å². The SMILES string of the molecule is C=C1C(=O)CC[C@@]2(C)C1CC[C@@H]2[C@H](C)CCCC(C)C. The summed E-state index contributed by atoms with van der Waals surface area (Å²) in [7, 11) is 0. The average Bonchev–Trinajstić information content (AvgIpc) is 2.72. The van der Waals surface area contributed by atoms with Gasteiger partial charge in [-0.2, -0.15) is 0 Å². The van der Waals surface area contributed by atoms with Gasteiger partial charge in [0.1, 0.15) is 0 Å². The summed E-state index contributed by atoms with van der Waals surface area (Å²) in [5.41, 5.74) is 1.29.